The van der Waals surface area contributed by atoms with E-state index in [1.54, 1.807) is 0 Å². The number of halogens is 3. The molecule has 0 fully saturated rings. The maximum Gasteiger partial charge on any atom is 0.255 e. The molecule has 0 aliphatic heterocycles. The molecule has 0 heterocycles. The van der Waals surface area contributed by atoms with E-state index >= 15 is 0 Å². The number of hydrogen-bond donors (Lipinski definition) is 0. The second-order valence-corrected chi connectivity index (χ2v) is 2.85. The van der Waals surface area contributed by atoms with Crippen molar-refractivity contribution in [2.24, 2.45) is 0 Å². The van der Waals surface area contributed by atoms with Crippen molar-refractivity contribution in [1.82, 2.24) is 0 Å². The molecule has 0 aliphatic carbocycles. The zero-order valence-corrected chi connectivity index (χ0v) is 8.08. The van der Waals surface area contributed by atoms with Crippen LogP contribution in [0.3, 0.4) is 0 Å². The standard InChI is InChI=1S/C9H9ClF2O/c1-5(2)8(9(10)13)7(12)4-6(3)11/h4H,1H2,2-3H3/b6-4+,8-7-. The summed E-state index contributed by atoms with van der Waals surface area (Å²) in [7, 11) is 0. The zero-order valence-electron chi connectivity index (χ0n) is 7.33. The lowest BCUT2D eigenvalue weighted by Gasteiger charge is -2.00. The van der Waals surface area contributed by atoms with Gasteiger partial charge in [-0.25, -0.2) is 8.78 Å². The molecule has 4 heteroatoms. The van der Waals surface area contributed by atoms with Gasteiger partial charge in [-0.3, -0.25) is 4.79 Å². The van der Waals surface area contributed by atoms with Gasteiger partial charge in [0.2, 0.25) is 0 Å². The molecule has 1 nitrogen and oxygen atoms in total. The van der Waals surface area contributed by atoms with Gasteiger partial charge >= 0.3 is 0 Å². The number of carbonyl (C=O) groups is 1. The molecule has 0 amide bonds. The Hall–Kier alpha value is -0.960. The molecule has 0 aromatic carbocycles. The number of hydrogen-bond acceptors (Lipinski definition) is 1. The Morgan fingerprint density at radius 3 is 2.08 bits per heavy atom. The Morgan fingerprint density at radius 1 is 1.38 bits per heavy atom. The van der Waals surface area contributed by atoms with Gasteiger partial charge in [-0.05, 0) is 31.0 Å². The predicted molar refractivity (Wildman–Crippen MR) is 48.7 cm³/mol. The van der Waals surface area contributed by atoms with Crippen LogP contribution in [0.1, 0.15) is 13.8 Å². The SMILES string of the molecule is C=C(C)/C(C(=O)Cl)=C(F)\C=C(/C)F. The fourth-order valence-electron chi connectivity index (χ4n) is 0.712. The van der Waals surface area contributed by atoms with Crippen molar-refractivity contribution in [2.75, 3.05) is 0 Å². The summed E-state index contributed by atoms with van der Waals surface area (Å²) in [6.07, 6.45) is 0.588. The molecule has 0 rings (SSSR count). The minimum absolute atomic E-state index is 0.162. The van der Waals surface area contributed by atoms with Gasteiger partial charge < -0.3 is 0 Å². The van der Waals surface area contributed by atoms with Crippen LogP contribution in [0.2, 0.25) is 0 Å². The first-order valence-electron chi connectivity index (χ1n) is 3.45. The van der Waals surface area contributed by atoms with Crippen LogP contribution in [0.4, 0.5) is 8.78 Å². The van der Waals surface area contributed by atoms with Gasteiger partial charge in [0, 0.05) is 6.08 Å². The number of carbonyl (C=O) groups excluding carboxylic acids is 1. The van der Waals surface area contributed by atoms with E-state index in [1.807, 2.05) is 0 Å². The second kappa shape index (κ2) is 4.92. The molecule has 0 radical (unpaired) electrons. The molecule has 0 saturated carbocycles. The van der Waals surface area contributed by atoms with Crippen LogP contribution >= 0.6 is 11.6 Å². The van der Waals surface area contributed by atoms with Crippen molar-refractivity contribution < 1.29 is 13.6 Å². The molecule has 0 aliphatic rings. The minimum Gasteiger partial charge on any atom is -0.275 e. The van der Waals surface area contributed by atoms with E-state index in [0.717, 1.165) is 6.92 Å². The van der Waals surface area contributed by atoms with Gasteiger partial charge in [0.15, 0.2) is 0 Å². The Labute approximate surface area is 80.4 Å². The van der Waals surface area contributed by atoms with E-state index in [1.165, 1.54) is 6.92 Å². The fraction of sp³-hybridized carbons (Fsp3) is 0.222. The first-order valence-corrected chi connectivity index (χ1v) is 3.83. The van der Waals surface area contributed by atoms with Crippen LogP contribution in [0.25, 0.3) is 0 Å². The maximum atomic E-state index is 13.0. The van der Waals surface area contributed by atoms with Crippen LogP contribution in [-0.2, 0) is 4.79 Å². The van der Waals surface area contributed by atoms with Crippen LogP contribution < -0.4 is 0 Å². The summed E-state index contributed by atoms with van der Waals surface area (Å²) in [4.78, 5) is 10.7. The molecule has 72 valence electrons. The van der Waals surface area contributed by atoms with E-state index < -0.39 is 22.5 Å². The molecule has 0 spiro atoms. The van der Waals surface area contributed by atoms with Crippen molar-refractivity contribution in [3.8, 4) is 0 Å². The molecule has 0 aromatic rings. The van der Waals surface area contributed by atoms with Gasteiger partial charge in [-0.2, -0.15) is 0 Å². The third-order valence-electron chi connectivity index (χ3n) is 1.19. The maximum absolute atomic E-state index is 13.0. The van der Waals surface area contributed by atoms with Crippen LogP contribution in [0, 0.1) is 0 Å². The molecule has 0 aromatic heterocycles. The largest absolute Gasteiger partial charge is 0.275 e. The van der Waals surface area contributed by atoms with E-state index in [2.05, 4.69) is 6.58 Å². The van der Waals surface area contributed by atoms with E-state index in [9.17, 15) is 13.6 Å². The third kappa shape index (κ3) is 3.99. The van der Waals surface area contributed by atoms with Crippen molar-refractivity contribution in [1.29, 1.82) is 0 Å². The van der Waals surface area contributed by atoms with Gasteiger partial charge in [-0.15, -0.1) is 0 Å². The van der Waals surface area contributed by atoms with Gasteiger partial charge in [-0.1, -0.05) is 6.58 Å². The average molecular weight is 207 g/mol. The van der Waals surface area contributed by atoms with Crippen molar-refractivity contribution in [2.45, 2.75) is 13.8 Å². The van der Waals surface area contributed by atoms with E-state index in [4.69, 9.17) is 11.6 Å². The van der Waals surface area contributed by atoms with Crippen molar-refractivity contribution >= 4 is 16.8 Å². The highest BCUT2D eigenvalue weighted by atomic mass is 35.5. The van der Waals surface area contributed by atoms with Gasteiger partial charge in [0.25, 0.3) is 5.24 Å². The minimum atomic E-state index is -1.01. The van der Waals surface area contributed by atoms with Crippen molar-refractivity contribution in [3.05, 3.63) is 35.5 Å². The first kappa shape index (κ1) is 12.0. The molecule has 13 heavy (non-hydrogen) atoms. The highest BCUT2D eigenvalue weighted by Crippen LogP contribution is 2.19. The van der Waals surface area contributed by atoms with E-state index in [0.29, 0.717) is 6.08 Å². The first-order chi connectivity index (χ1) is 5.86. The highest BCUT2D eigenvalue weighted by molar-refractivity contribution is 6.68. The summed E-state index contributed by atoms with van der Waals surface area (Å²) in [6.45, 7) is 5.83. The summed E-state index contributed by atoms with van der Waals surface area (Å²) < 4.78 is 25.3. The molecule has 0 N–H and O–H groups in total. The van der Waals surface area contributed by atoms with Gasteiger partial charge in [0.1, 0.15) is 5.83 Å². The smallest absolute Gasteiger partial charge is 0.255 e. The monoisotopic (exact) mass is 206 g/mol. The Morgan fingerprint density at radius 2 is 1.85 bits per heavy atom. The second-order valence-electron chi connectivity index (χ2n) is 2.51. The van der Waals surface area contributed by atoms with Gasteiger partial charge in [0.05, 0.1) is 11.4 Å². The van der Waals surface area contributed by atoms with Crippen LogP contribution in [-0.4, -0.2) is 5.24 Å². The molecule has 0 saturated heterocycles. The summed E-state index contributed by atoms with van der Waals surface area (Å²) in [5.41, 5.74) is -0.228. The predicted octanol–water partition coefficient (Wildman–Crippen LogP) is 3.42. The number of allylic oxidation sites excluding steroid dienone is 5. The van der Waals surface area contributed by atoms with E-state index in [-0.39, 0.29) is 5.57 Å². The zero-order chi connectivity index (χ0) is 10.6. The summed E-state index contributed by atoms with van der Waals surface area (Å²) in [5, 5.41) is -0.984. The Kier molecular flexibility index (Phi) is 4.56. The lowest BCUT2D eigenvalue weighted by Crippen LogP contribution is -1.96. The summed E-state index contributed by atoms with van der Waals surface area (Å²) in [5.74, 6) is -1.75. The molecule has 0 atom stereocenters. The molecule has 0 bridgehead atoms. The Balaban J connectivity index is 5.23. The molecular weight excluding hydrogens is 198 g/mol. The Bertz CT molecular complexity index is 283. The topological polar surface area (TPSA) is 17.1 Å². The quantitative estimate of drug-likeness (QED) is 0.393. The lowest BCUT2D eigenvalue weighted by molar-refractivity contribution is -0.108. The lowest BCUT2D eigenvalue weighted by atomic mass is 10.1. The third-order valence-corrected chi connectivity index (χ3v) is 1.38. The summed E-state index contributed by atoms with van der Waals surface area (Å²) >= 11 is 5.07. The van der Waals surface area contributed by atoms with Crippen LogP contribution in [0.5, 0.6) is 0 Å². The van der Waals surface area contributed by atoms with Crippen molar-refractivity contribution in [3.63, 3.8) is 0 Å². The fourth-order valence-corrected chi connectivity index (χ4v) is 0.964. The number of rotatable bonds is 3. The van der Waals surface area contributed by atoms with Crippen LogP contribution in [0.15, 0.2) is 35.5 Å². The normalized spacial score (nSPS) is 13.8. The summed E-state index contributed by atoms with van der Waals surface area (Å²) in [6, 6.07) is 0. The molecular formula is C9H9ClF2O. The molecule has 0 unspecified atom stereocenters. The average Bonchev–Trinajstić information content (AvgIpc) is 1.81. The highest BCUT2D eigenvalue weighted by Gasteiger charge is 2.12.